The van der Waals surface area contributed by atoms with Gasteiger partial charge in [0.1, 0.15) is 11.5 Å². The van der Waals surface area contributed by atoms with Crippen molar-refractivity contribution >= 4 is 23.0 Å². The summed E-state index contributed by atoms with van der Waals surface area (Å²) in [5.41, 5.74) is 0.113. The first-order chi connectivity index (χ1) is 13.8. The van der Waals surface area contributed by atoms with E-state index in [0.29, 0.717) is 11.1 Å². The number of carbonyl (C=O) groups excluding carboxylic acids is 1. The molecule has 2 heterocycles. The molecule has 2 aromatic carbocycles. The molecule has 0 unspecified atom stereocenters. The summed E-state index contributed by atoms with van der Waals surface area (Å²) < 4.78 is 54.0. The Balaban J connectivity index is 2.04. The predicted octanol–water partition coefficient (Wildman–Crippen LogP) is 5.00. The summed E-state index contributed by atoms with van der Waals surface area (Å²) in [7, 11) is 0. The molecule has 0 aliphatic carbocycles. The van der Waals surface area contributed by atoms with Crippen LogP contribution >= 0.6 is 11.6 Å². The Morgan fingerprint density at radius 3 is 2.38 bits per heavy atom. The molecule has 0 saturated heterocycles. The summed E-state index contributed by atoms with van der Waals surface area (Å²) in [6.45, 7) is 0. The van der Waals surface area contributed by atoms with Crippen LogP contribution in [0.25, 0.3) is 28.0 Å². The Hall–Kier alpha value is -3.33. The van der Waals surface area contributed by atoms with Crippen LogP contribution in [0.2, 0.25) is 5.02 Å². The molecule has 10 heteroatoms. The molecule has 0 N–H and O–H groups in total. The molecule has 146 valence electrons. The Kier molecular flexibility index (Phi) is 4.54. The molecule has 4 aromatic rings. The molecule has 0 saturated carbocycles. The second-order valence-corrected chi connectivity index (χ2v) is 6.42. The monoisotopic (exact) mass is 420 g/mol. The first-order valence-electron chi connectivity index (χ1n) is 8.14. The van der Waals surface area contributed by atoms with E-state index in [1.54, 1.807) is 30.3 Å². The van der Waals surface area contributed by atoms with Crippen LogP contribution in [0.1, 0.15) is 10.5 Å². The van der Waals surface area contributed by atoms with Crippen molar-refractivity contribution in [2.75, 3.05) is 0 Å². The van der Waals surface area contributed by atoms with Crippen molar-refractivity contribution in [2.45, 2.75) is 6.18 Å². The summed E-state index contributed by atoms with van der Waals surface area (Å²) in [4.78, 5) is 12.0. The molecule has 2 aromatic heterocycles. The number of halogens is 5. The number of carbonyl (C=O) groups is 1. The van der Waals surface area contributed by atoms with E-state index >= 15 is 0 Å². The van der Waals surface area contributed by atoms with Crippen molar-refractivity contribution in [3.8, 4) is 22.4 Å². The van der Waals surface area contributed by atoms with Gasteiger partial charge >= 0.3 is 6.18 Å². The quantitative estimate of drug-likeness (QED) is 0.346. The Labute approximate surface area is 165 Å². The summed E-state index contributed by atoms with van der Waals surface area (Å²) in [6, 6.07) is 12.1. The van der Waals surface area contributed by atoms with E-state index in [4.69, 9.17) is 11.6 Å². The number of aromatic nitrogens is 4. The van der Waals surface area contributed by atoms with Gasteiger partial charge in [0.15, 0.2) is 11.3 Å². The van der Waals surface area contributed by atoms with Gasteiger partial charge in [-0.2, -0.15) is 18.3 Å². The number of alkyl halides is 3. The lowest BCUT2D eigenvalue weighted by molar-refractivity contribution is -0.0888. The molecular formula is C19H9ClF4N4O. The summed E-state index contributed by atoms with van der Waals surface area (Å²) in [5.74, 6) is -2.96. The highest BCUT2D eigenvalue weighted by Gasteiger charge is 2.43. The van der Waals surface area contributed by atoms with Crippen molar-refractivity contribution in [3.05, 3.63) is 71.3 Å². The van der Waals surface area contributed by atoms with Gasteiger partial charge in [0.05, 0.1) is 11.2 Å². The van der Waals surface area contributed by atoms with Gasteiger partial charge < -0.3 is 0 Å². The topological polar surface area (TPSA) is 60.2 Å². The third-order valence-electron chi connectivity index (χ3n) is 4.18. The molecule has 0 aliphatic heterocycles. The average molecular weight is 421 g/mol. The van der Waals surface area contributed by atoms with Crippen LogP contribution in [0, 0.1) is 5.82 Å². The minimum Gasteiger partial charge on any atom is -0.282 e. The molecule has 0 fully saturated rings. The molecule has 0 amide bonds. The number of benzene rings is 2. The molecule has 5 nitrogen and oxygen atoms in total. The molecular weight excluding hydrogens is 412 g/mol. The number of rotatable bonds is 3. The van der Waals surface area contributed by atoms with Gasteiger partial charge in [-0.25, -0.2) is 8.91 Å². The highest BCUT2D eigenvalue weighted by atomic mass is 35.5. The maximum absolute atomic E-state index is 13.6. The third-order valence-corrected chi connectivity index (χ3v) is 4.46. The fraction of sp³-hybridized carbons (Fsp3) is 0.0526. The summed E-state index contributed by atoms with van der Waals surface area (Å²) >= 11 is 5.79. The number of Topliss-reactive ketones (excluding diaryl/α,β-unsaturated/α-hetero) is 1. The summed E-state index contributed by atoms with van der Waals surface area (Å²) in [6.07, 6.45) is -3.79. The second kappa shape index (κ2) is 6.93. The zero-order chi connectivity index (χ0) is 20.8. The van der Waals surface area contributed by atoms with E-state index in [1.165, 1.54) is 12.3 Å². The van der Waals surface area contributed by atoms with Gasteiger partial charge in [-0.3, -0.25) is 4.79 Å². The van der Waals surface area contributed by atoms with Gasteiger partial charge in [-0.05, 0) is 23.8 Å². The first kappa shape index (κ1) is 19.0. The van der Waals surface area contributed by atoms with Crippen molar-refractivity contribution in [1.29, 1.82) is 0 Å². The van der Waals surface area contributed by atoms with Gasteiger partial charge in [0.25, 0.3) is 5.78 Å². The third kappa shape index (κ3) is 3.33. The van der Waals surface area contributed by atoms with Crippen LogP contribution in [0.4, 0.5) is 17.6 Å². The number of ketones is 1. The average Bonchev–Trinajstić information content (AvgIpc) is 3.13. The van der Waals surface area contributed by atoms with Gasteiger partial charge in [0.2, 0.25) is 0 Å². The molecule has 29 heavy (non-hydrogen) atoms. The van der Waals surface area contributed by atoms with E-state index in [-0.39, 0.29) is 21.9 Å². The fourth-order valence-electron chi connectivity index (χ4n) is 2.86. The largest absolute Gasteiger partial charge is 0.456 e. The Bertz CT molecular complexity index is 1240. The van der Waals surface area contributed by atoms with Crippen molar-refractivity contribution in [3.63, 3.8) is 0 Å². The number of fused-ring (bicyclic) bond motifs is 1. The Morgan fingerprint density at radius 1 is 1.00 bits per heavy atom. The lowest BCUT2D eigenvalue weighted by Crippen LogP contribution is -2.26. The summed E-state index contributed by atoms with van der Waals surface area (Å²) in [5, 5.41) is 11.1. The fourth-order valence-corrected chi connectivity index (χ4v) is 3.04. The number of hydrogen-bond acceptors (Lipinski definition) is 4. The standard InChI is InChI=1S/C19H9ClF4N4O/c20-13-8-11(6-7-14(13)21)16-15(17(29)19(22,23)24)26-27-18-12(9-25-28(16)18)10-4-2-1-3-5-10/h1-9H. The van der Waals surface area contributed by atoms with Gasteiger partial charge in [-0.1, -0.05) is 41.9 Å². The van der Waals surface area contributed by atoms with Crippen LogP contribution in [-0.4, -0.2) is 31.8 Å². The zero-order valence-electron chi connectivity index (χ0n) is 14.3. The molecule has 0 aliphatic rings. The first-order valence-corrected chi connectivity index (χ1v) is 8.52. The van der Waals surface area contributed by atoms with Gasteiger partial charge in [-0.15, -0.1) is 10.2 Å². The minimum absolute atomic E-state index is 0.0339. The number of hydrogen-bond donors (Lipinski definition) is 0. The maximum Gasteiger partial charge on any atom is 0.456 e. The number of nitrogens with zero attached hydrogens (tertiary/aromatic N) is 4. The molecule has 4 rings (SSSR count). The van der Waals surface area contributed by atoms with Crippen molar-refractivity contribution in [2.24, 2.45) is 0 Å². The van der Waals surface area contributed by atoms with Crippen LogP contribution < -0.4 is 0 Å². The minimum atomic E-state index is -5.18. The normalized spacial score (nSPS) is 11.8. The smallest absolute Gasteiger partial charge is 0.282 e. The zero-order valence-corrected chi connectivity index (χ0v) is 15.0. The van der Waals surface area contributed by atoms with Crippen LogP contribution in [0.3, 0.4) is 0 Å². The van der Waals surface area contributed by atoms with E-state index in [2.05, 4.69) is 15.3 Å². The van der Waals surface area contributed by atoms with E-state index in [1.807, 2.05) is 0 Å². The van der Waals surface area contributed by atoms with Crippen LogP contribution in [0.5, 0.6) is 0 Å². The van der Waals surface area contributed by atoms with Crippen LogP contribution in [0.15, 0.2) is 54.7 Å². The predicted molar refractivity (Wildman–Crippen MR) is 97.0 cm³/mol. The van der Waals surface area contributed by atoms with E-state index < -0.39 is 23.5 Å². The lowest BCUT2D eigenvalue weighted by atomic mass is 10.1. The molecule has 0 bridgehead atoms. The lowest BCUT2D eigenvalue weighted by Gasteiger charge is -2.12. The molecule has 0 spiro atoms. The highest BCUT2D eigenvalue weighted by molar-refractivity contribution is 6.31. The molecule has 0 atom stereocenters. The maximum atomic E-state index is 13.6. The van der Waals surface area contributed by atoms with Crippen molar-refractivity contribution < 1.29 is 22.4 Å². The van der Waals surface area contributed by atoms with E-state index in [9.17, 15) is 22.4 Å². The van der Waals surface area contributed by atoms with Crippen LogP contribution in [-0.2, 0) is 0 Å². The SMILES string of the molecule is O=C(c1nnc2c(-c3ccccc3)cnn2c1-c1ccc(F)c(Cl)c1)C(F)(F)F. The highest BCUT2D eigenvalue weighted by Crippen LogP contribution is 2.33. The van der Waals surface area contributed by atoms with Gasteiger partial charge in [0, 0.05) is 11.1 Å². The molecule has 0 radical (unpaired) electrons. The van der Waals surface area contributed by atoms with Crippen molar-refractivity contribution in [1.82, 2.24) is 19.8 Å². The second-order valence-electron chi connectivity index (χ2n) is 6.01. The Morgan fingerprint density at radius 2 is 1.72 bits per heavy atom. The van der Waals surface area contributed by atoms with E-state index in [0.717, 1.165) is 16.6 Å².